The van der Waals surface area contributed by atoms with E-state index in [0.717, 1.165) is 63.5 Å². The highest BCUT2D eigenvalue weighted by Gasteiger charge is 2.22. The van der Waals surface area contributed by atoms with Gasteiger partial charge in [-0.2, -0.15) is 0 Å². The van der Waals surface area contributed by atoms with Crippen molar-refractivity contribution in [3.8, 4) is 0 Å². The van der Waals surface area contributed by atoms with Crippen molar-refractivity contribution in [1.82, 2.24) is 9.88 Å². The lowest BCUT2D eigenvalue weighted by Gasteiger charge is -2.37. The van der Waals surface area contributed by atoms with E-state index in [4.69, 9.17) is 0 Å². The molecule has 0 saturated carbocycles. The number of anilines is 2. The number of piperazine rings is 1. The van der Waals surface area contributed by atoms with Crippen LogP contribution in [0.1, 0.15) is 47.2 Å². The predicted octanol–water partition coefficient (Wildman–Crippen LogP) is 4.04. The molecule has 29 heavy (non-hydrogen) atoms. The summed E-state index contributed by atoms with van der Waals surface area (Å²) in [5, 5.41) is 0. The molecule has 2 aliphatic rings. The van der Waals surface area contributed by atoms with E-state index in [0.29, 0.717) is 0 Å². The fourth-order valence-corrected chi connectivity index (χ4v) is 4.44. The number of carbonyl (C=O) groups is 1. The minimum absolute atomic E-state index is 0.157. The summed E-state index contributed by atoms with van der Waals surface area (Å²) in [6.07, 6.45) is 6.48. The first-order valence-corrected chi connectivity index (χ1v) is 10.9. The van der Waals surface area contributed by atoms with Gasteiger partial charge in [0.1, 0.15) is 5.82 Å². The summed E-state index contributed by atoms with van der Waals surface area (Å²) in [6, 6.07) is 10.4. The molecule has 5 nitrogen and oxygen atoms in total. The zero-order valence-electron chi connectivity index (χ0n) is 17.7. The Morgan fingerprint density at radius 3 is 2.28 bits per heavy atom. The predicted molar refractivity (Wildman–Crippen MR) is 119 cm³/mol. The van der Waals surface area contributed by atoms with Crippen molar-refractivity contribution in [2.24, 2.45) is 0 Å². The van der Waals surface area contributed by atoms with Crippen LogP contribution in [0.15, 0.2) is 36.5 Å². The Labute approximate surface area is 174 Å². The van der Waals surface area contributed by atoms with E-state index >= 15 is 0 Å². The van der Waals surface area contributed by atoms with Gasteiger partial charge in [-0.3, -0.25) is 4.79 Å². The van der Waals surface area contributed by atoms with Crippen molar-refractivity contribution >= 4 is 17.4 Å². The van der Waals surface area contributed by atoms with Gasteiger partial charge in [-0.05, 0) is 56.0 Å². The number of aromatic nitrogens is 1. The Bertz CT molecular complexity index is 850. The first-order valence-electron chi connectivity index (χ1n) is 10.9. The number of aryl methyl sites for hydroxylation is 1. The van der Waals surface area contributed by atoms with Crippen LogP contribution in [0.3, 0.4) is 0 Å². The molecule has 0 aliphatic carbocycles. The molecule has 5 heteroatoms. The van der Waals surface area contributed by atoms with E-state index in [1.807, 2.05) is 17.0 Å². The van der Waals surface area contributed by atoms with Gasteiger partial charge in [-0.1, -0.05) is 25.0 Å². The second-order valence-corrected chi connectivity index (χ2v) is 8.30. The maximum absolute atomic E-state index is 13.0. The van der Waals surface area contributed by atoms with Crippen LogP contribution in [0.25, 0.3) is 0 Å². The molecule has 1 amide bonds. The number of likely N-dealkylation sites (tertiary alicyclic amines) is 1. The lowest BCUT2D eigenvalue weighted by molar-refractivity contribution is 0.0761. The molecule has 1 aromatic carbocycles. The van der Waals surface area contributed by atoms with E-state index < -0.39 is 0 Å². The van der Waals surface area contributed by atoms with Gasteiger partial charge >= 0.3 is 0 Å². The Kier molecular flexibility index (Phi) is 6.02. The van der Waals surface area contributed by atoms with Crippen molar-refractivity contribution in [2.45, 2.75) is 39.5 Å². The average Bonchev–Trinajstić information content (AvgIpc) is 3.05. The van der Waals surface area contributed by atoms with Crippen LogP contribution in [0.4, 0.5) is 11.5 Å². The van der Waals surface area contributed by atoms with Crippen molar-refractivity contribution in [3.05, 3.63) is 53.2 Å². The Balaban J connectivity index is 1.43. The van der Waals surface area contributed by atoms with Crippen LogP contribution in [-0.2, 0) is 0 Å². The topological polar surface area (TPSA) is 39.7 Å². The third-order valence-corrected chi connectivity index (χ3v) is 6.41. The van der Waals surface area contributed by atoms with Crippen molar-refractivity contribution in [2.75, 3.05) is 49.1 Å². The molecule has 2 aromatic rings. The molecular formula is C24H32N4O. The van der Waals surface area contributed by atoms with Crippen LogP contribution >= 0.6 is 0 Å². The monoisotopic (exact) mass is 392 g/mol. The van der Waals surface area contributed by atoms with Crippen LogP contribution in [0.5, 0.6) is 0 Å². The van der Waals surface area contributed by atoms with Crippen molar-refractivity contribution < 1.29 is 4.79 Å². The molecule has 154 valence electrons. The van der Waals surface area contributed by atoms with Gasteiger partial charge in [0.15, 0.2) is 0 Å². The van der Waals surface area contributed by atoms with Gasteiger partial charge in [0, 0.05) is 56.7 Å². The third kappa shape index (κ3) is 4.39. The quantitative estimate of drug-likeness (QED) is 0.790. The lowest BCUT2D eigenvalue weighted by Crippen LogP contribution is -2.47. The molecule has 0 bridgehead atoms. The molecule has 2 saturated heterocycles. The van der Waals surface area contributed by atoms with Crippen molar-refractivity contribution in [3.63, 3.8) is 0 Å². The second-order valence-electron chi connectivity index (χ2n) is 8.30. The number of rotatable bonds is 3. The average molecular weight is 393 g/mol. The smallest absolute Gasteiger partial charge is 0.254 e. The Morgan fingerprint density at radius 2 is 1.55 bits per heavy atom. The molecule has 2 aliphatic heterocycles. The molecular weight excluding hydrogens is 360 g/mol. The summed E-state index contributed by atoms with van der Waals surface area (Å²) >= 11 is 0. The van der Waals surface area contributed by atoms with E-state index in [1.54, 1.807) is 6.20 Å². The van der Waals surface area contributed by atoms with Gasteiger partial charge in [-0.25, -0.2) is 4.98 Å². The molecule has 3 heterocycles. The maximum atomic E-state index is 13.0. The summed E-state index contributed by atoms with van der Waals surface area (Å²) < 4.78 is 0. The number of benzene rings is 1. The van der Waals surface area contributed by atoms with Crippen LogP contribution in [0, 0.1) is 13.8 Å². The highest BCUT2D eigenvalue weighted by molar-refractivity contribution is 5.94. The highest BCUT2D eigenvalue weighted by Crippen LogP contribution is 2.25. The molecule has 4 rings (SSSR count). The summed E-state index contributed by atoms with van der Waals surface area (Å²) in [5.74, 6) is 1.08. The third-order valence-electron chi connectivity index (χ3n) is 6.41. The standard InChI is InChI=1S/C24H32N4O/c1-19-8-7-9-22(20(19)2)26-14-16-27(17-15-26)23-18-21(10-11-25-23)24(29)28-12-5-3-4-6-13-28/h7-11,18H,3-6,12-17H2,1-2H3. The van der Waals surface area contributed by atoms with Crippen LogP contribution in [-0.4, -0.2) is 55.1 Å². The van der Waals surface area contributed by atoms with E-state index in [-0.39, 0.29) is 5.91 Å². The molecule has 1 aromatic heterocycles. The number of pyridine rings is 1. The summed E-state index contributed by atoms with van der Waals surface area (Å²) in [4.78, 5) is 24.3. The van der Waals surface area contributed by atoms with Gasteiger partial charge in [-0.15, -0.1) is 0 Å². The van der Waals surface area contributed by atoms with Crippen LogP contribution < -0.4 is 9.80 Å². The Hall–Kier alpha value is -2.56. The zero-order chi connectivity index (χ0) is 20.2. The fraction of sp³-hybridized carbons (Fsp3) is 0.500. The minimum Gasteiger partial charge on any atom is -0.368 e. The molecule has 0 unspecified atom stereocenters. The molecule has 0 atom stereocenters. The molecule has 0 N–H and O–H groups in total. The van der Waals surface area contributed by atoms with E-state index in [2.05, 4.69) is 46.8 Å². The largest absolute Gasteiger partial charge is 0.368 e. The summed E-state index contributed by atoms with van der Waals surface area (Å²) in [6.45, 7) is 9.91. The van der Waals surface area contributed by atoms with Crippen molar-refractivity contribution in [1.29, 1.82) is 0 Å². The molecule has 2 fully saturated rings. The SMILES string of the molecule is Cc1cccc(N2CCN(c3cc(C(=O)N4CCCCCC4)ccn3)CC2)c1C. The zero-order valence-corrected chi connectivity index (χ0v) is 17.7. The van der Waals surface area contributed by atoms with Crippen LogP contribution in [0.2, 0.25) is 0 Å². The number of hydrogen-bond acceptors (Lipinski definition) is 4. The van der Waals surface area contributed by atoms with Gasteiger partial charge < -0.3 is 14.7 Å². The first-order chi connectivity index (χ1) is 14.1. The minimum atomic E-state index is 0.157. The molecule has 0 spiro atoms. The first kappa shape index (κ1) is 19.7. The van der Waals surface area contributed by atoms with E-state index in [9.17, 15) is 4.79 Å². The lowest BCUT2D eigenvalue weighted by atomic mass is 10.1. The van der Waals surface area contributed by atoms with E-state index in [1.165, 1.54) is 29.7 Å². The number of carbonyl (C=O) groups excluding carboxylic acids is 1. The summed E-state index contributed by atoms with van der Waals surface area (Å²) in [5.41, 5.74) is 4.81. The normalized spacial score (nSPS) is 17.9. The number of hydrogen-bond donors (Lipinski definition) is 0. The van der Waals surface area contributed by atoms with Gasteiger partial charge in [0.05, 0.1) is 0 Å². The maximum Gasteiger partial charge on any atom is 0.254 e. The second kappa shape index (κ2) is 8.85. The number of amides is 1. The molecule has 0 radical (unpaired) electrons. The van der Waals surface area contributed by atoms with Gasteiger partial charge in [0.25, 0.3) is 5.91 Å². The summed E-state index contributed by atoms with van der Waals surface area (Å²) in [7, 11) is 0. The van der Waals surface area contributed by atoms with Gasteiger partial charge in [0.2, 0.25) is 0 Å². The number of nitrogens with zero attached hydrogens (tertiary/aromatic N) is 4. The Morgan fingerprint density at radius 1 is 0.862 bits per heavy atom. The fourth-order valence-electron chi connectivity index (χ4n) is 4.44. The highest BCUT2D eigenvalue weighted by atomic mass is 16.2.